The molecule has 2 aromatic rings. The van der Waals surface area contributed by atoms with Crippen molar-refractivity contribution in [2.24, 2.45) is 0 Å². The molecular formula is C17H17ClN2O4. The lowest BCUT2D eigenvalue weighted by Gasteiger charge is -2.15. The van der Waals surface area contributed by atoms with Gasteiger partial charge in [-0.1, -0.05) is 23.7 Å². The molecule has 0 bridgehead atoms. The van der Waals surface area contributed by atoms with E-state index in [1.165, 1.54) is 32.2 Å². The van der Waals surface area contributed by atoms with Crippen LogP contribution in [0.5, 0.6) is 5.75 Å². The number of carbonyl (C=O) groups excluding carboxylic acids is 2. The lowest BCUT2D eigenvalue weighted by Crippen LogP contribution is -2.30. The van der Waals surface area contributed by atoms with Gasteiger partial charge in [0.25, 0.3) is 5.91 Å². The van der Waals surface area contributed by atoms with Crippen molar-refractivity contribution >= 4 is 34.9 Å². The Morgan fingerprint density at radius 3 is 2.58 bits per heavy atom. The predicted octanol–water partition coefficient (Wildman–Crippen LogP) is 3.11. The largest absolute Gasteiger partial charge is 0.495 e. The number of carbonyl (C=O) groups is 2. The number of methoxy groups -OCH3 is 1. The Kier molecular flexibility index (Phi) is 5.65. The third-order valence-corrected chi connectivity index (χ3v) is 3.49. The highest BCUT2D eigenvalue weighted by Gasteiger charge is 2.21. The van der Waals surface area contributed by atoms with Gasteiger partial charge in [-0.05, 0) is 37.3 Å². The van der Waals surface area contributed by atoms with Crippen LogP contribution in [0.4, 0.5) is 11.4 Å². The summed E-state index contributed by atoms with van der Waals surface area (Å²) in [5.41, 5.74) is 6.55. The Labute approximate surface area is 144 Å². The Bertz CT molecular complexity index is 764. The first kappa shape index (κ1) is 17.6. The molecule has 0 fully saturated rings. The number of esters is 1. The van der Waals surface area contributed by atoms with Crippen LogP contribution in [0.15, 0.2) is 42.5 Å². The van der Waals surface area contributed by atoms with Gasteiger partial charge in [-0.15, -0.1) is 0 Å². The zero-order valence-corrected chi connectivity index (χ0v) is 14.0. The molecule has 0 unspecified atom stereocenters. The Hall–Kier alpha value is -2.73. The highest BCUT2D eigenvalue weighted by Crippen LogP contribution is 2.24. The number of rotatable bonds is 5. The minimum atomic E-state index is -1.02. The first-order valence-electron chi connectivity index (χ1n) is 7.12. The van der Waals surface area contributed by atoms with Crippen molar-refractivity contribution < 1.29 is 19.1 Å². The topological polar surface area (TPSA) is 90.6 Å². The molecule has 0 aliphatic heterocycles. The van der Waals surface area contributed by atoms with Gasteiger partial charge in [-0.25, -0.2) is 4.79 Å². The zero-order chi connectivity index (χ0) is 17.7. The molecule has 0 spiro atoms. The molecule has 126 valence electrons. The Morgan fingerprint density at radius 2 is 1.92 bits per heavy atom. The third-order valence-electron chi connectivity index (χ3n) is 3.25. The number of halogens is 1. The molecule has 7 heteroatoms. The van der Waals surface area contributed by atoms with Gasteiger partial charge >= 0.3 is 5.97 Å². The maximum Gasteiger partial charge on any atom is 0.341 e. The predicted molar refractivity (Wildman–Crippen MR) is 92.4 cm³/mol. The SMILES string of the molecule is COc1ccccc1NC(=O)[C@H](C)OC(=O)c1ccc(Cl)cc1N. The molecule has 24 heavy (non-hydrogen) atoms. The molecule has 0 aliphatic rings. The molecule has 1 amide bonds. The smallest absolute Gasteiger partial charge is 0.341 e. The summed E-state index contributed by atoms with van der Waals surface area (Å²) in [6.07, 6.45) is -1.02. The van der Waals surface area contributed by atoms with Gasteiger partial charge in [0.15, 0.2) is 6.10 Å². The van der Waals surface area contributed by atoms with E-state index in [-0.39, 0.29) is 11.3 Å². The molecule has 2 aromatic carbocycles. The second-order valence-corrected chi connectivity index (χ2v) is 5.41. The molecular weight excluding hydrogens is 332 g/mol. The summed E-state index contributed by atoms with van der Waals surface area (Å²) < 4.78 is 10.3. The van der Waals surface area contributed by atoms with Crippen LogP contribution in [0.25, 0.3) is 0 Å². The second kappa shape index (κ2) is 7.70. The average molecular weight is 349 g/mol. The first-order valence-corrected chi connectivity index (χ1v) is 7.50. The van der Waals surface area contributed by atoms with Gasteiger partial charge in [-0.3, -0.25) is 4.79 Å². The number of benzene rings is 2. The number of nitrogens with two attached hydrogens (primary N) is 1. The Morgan fingerprint density at radius 1 is 1.21 bits per heavy atom. The third kappa shape index (κ3) is 4.17. The van der Waals surface area contributed by atoms with Crippen molar-refractivity contribution in [1.82, 2.24) is 0 Å². The van der Waals surface area contributed by atoms with Crippen LogP contribution in [0.3, 0.4) is 0 Å². The molecule has 0 saturated carbocycles. The number of amides is 1. The van der Waals surface area contributed by atoms with E-state index in [1.807, 2.05) is 0 Å². The van der Waals surface area contributed by atoms with E-state index in [1.54, 1.807) is 24.3 Å². The summed E-state index contributed by atoms with van der Waals surface area (Å²) in [5.74, 6) is -0.682. The fourth-order valence-electron chi connectivity index (χ4n) is 1.98. The number of hydrogen-bond acceptors (Lipinski definition) is 5. The second-order valence-electron chi connectivity index (χ2n) is 4.97. The van der Waals surface area contributed by atoms with Gasteiger partial charge in [0.05, 0.1) is 18.4 Å². The van der Waals surface area contributed by atoms with Crippen molar-refractivity contribution in [2.75, 3.05) is 18.2 Å². The normalized spacial score (nSPS) is 11.5. The van der Waals surface area contributed by atoms with E-state index in [0.717, 1.165) is 0 Å². The molecule has 3 N–H and O–H groups in total. The van der Waals surface area contributed by atoms with Crippen LogP contribution in [-0.2, 0) is 9.53 Å². The standard InChI is InChI=1S/C17H17ClN2O4/c1-10(16(21)20-14-5-3-4-6-15(14)23-2)24-17(22)12-8-7-11(18)9-13(12)19/h3-10H,19H2,1-2H3,(H,20,21)/t10-/m0/s1. The summed E-state index contributed by atoms with van der Waals surface area (Å²) in [5, 5.41) is 3.06. The molecule has 0 saturated heterocycles. The van der Waals surface area contributed by atoms with E-state index in [4.69, 9.17) is 26.8 Å². The minimum absolute atomic E-state index is 0.149. The zero-order valence-electron chi connectivity index (χ0n) is 13.2. The number of nitrogen functional groups attached to an aromatic ring is 1. The Balaban J connectivity index is 2.04. The lowest BCUT2D eigenvalue weighted by atomic mass is 10.2. The van der Waals surface area contributed by atoms with Crippen molar-refractivity contribution in [3.05, 3.63) is 53.1 Å². The van der Waals surface area contributed by atoms with Crippen LogP contribution in [-0.4, -0.2) is 25.1 Å². The summed E-state index contributed by atoms with van der Waals surface area (Å²) >= 11 is 5.79. The van der Waals surface area contributed by atoms with E-state index in [0.29, 0.717) is 16.5 Å². The van der Waals surface area contributed by atoms with Crippen molar-refractivity contribution in [3.63, 3.8) is 0 Å². The monoisotopic (exact) mass is 348 g/mol. The van der Waals surface area contributed by atoms with Crippen LogP contribution in [0.2, 0.25) is 5.02 Å². The van der Waals surface area contributed by atoms with Gasteiger partial charge in [0, 0.05) is 10.7 Å². The molecule has 6 nitrogen and oxygen atoms in total. The molecule has 0 aliphatic carbocycles. The lowest BCUT2D eigenvalue weighted by molar-refractivity contribution is -0.123. The molecule has 0 heterocycles. The number of ether oxygens (including phenoxy) is 2. The number of anilines is 2. The van der Waals surface area contributed by atoms with Gasteiger partial charge in [0.1, 0.15) is 5.75 Å². The van der Waals surface area contributed by atoms with Gasteiger partial charge < -0.3 is 20.5 Å². The quantitative estimate of drug-likeness (QED) is 0.640. The van der Waals surface area contributed by atoms with Crippen molar-refractivity contribution in [3.8, 4) is 5.75 Å². The minimum Gasteiger partial charge on any atom is -0.495 e. The summed E-state index contributed by atoms with van der Waals surface area (Å²) in [6, 6.07) is 11.3. The molecule has 0 radical (unpaired) electrons. The van der Waals surface area contributed by atoms with Gasteiger partial charge in [-0.2, -0.15) is 0 Å². The van der Waals surface area contributed by atoms with E-state index in [9.17, 15) is 9.59 Å². The maximum atomic E-state index is 12.2. The van der Waals surface area contributed by atoms with Crippen molar-refractivity contribution in [2.45, 2.75) is 13.0 Å². The number of hydrogen-bond donors (Lipinski definition) is 2. The molecule has 2 rings (SSSR count). The summed E-state index contributed by atoms with van der Waals surface area (Å²) in [4.78, 5) is 24.3. The van der Waals surface area contributed by atoms with Crippen LogP contribution >= 0.6 is 11.6 Å². The van der Waals surface area contributed by atoms with Crippen LogP contribution in [0.1, 0.15) is 17.3 Å². The number of nitrogens with one attached hydrogen (secondary N) is 1. The molecule has 1 atom stereocenters. The van der Waals surface area contributed by atoms with Crippen molar-refractivity contribution in [1.29, 1.82) is 0 Å². The van der Waals surface area contributed by atoms with E-state index < -0.39 is 18.0 Å². The van der Waals surface area contributed by atoms with E-state index >= 15 is 0 Å². The van der Waals surface area contributed by atoms with E-state index in [2.05, 4.69) is 5.32 Å². The summed E-state index contributed by atoms with van der Waals surface area (Å²) in [6.45, 7) is 1.47. The number of para-hydroxylation sites is 2. The molecule has 0 aromatic heterocycles. The first-order chi connectivity index (χ1) is 11.4. The highest BCUT2D eigenvalue weighted by molar-refractivity contribution is 6.31. The maximum absolute atomic E-state index is 12.2. The highest BCUT2D eigenvalue weighted by atomic mass is 35.5. The fourth-order valence-corrected chi connectivity index (χ4v) is 2.16. The average Bonchev–Trinajstić information content (AvgIpc) is 2.55. The fraction of sp³-hybridized carbons (Fsp3) is 0.176. The van der Waals surface area contributed by atoms with Crippen LogP contribution in [0, 0.1) is 0 Å². The summed E-state index contributed by atoms with van der Waals surface area (Å²) in [7, 11) is 1.50. The van der Waals surface area contributed by atoms with Gasteiger partial charge in [0.2, 0.25) is 0 Å². The van der Waals surface area contributed by atoms with Crippen LogP contribution < -0.4 is 15.8 Å².